The van der Waals surface area contributed by atoms with Gasteiger partial charge in [-0.15, -0.1) is 0 Å². The highest BCUT2D eigenvalue weighted by Crippen LogP contribution is 2.16. The minimum Gasteiger partial charge on any atom is -0.360 e. The van der Waals surface area contributed by atoms with Crippen molar-refractivity contribution in [2.75, 3.05) is 23.8 Å². The van der Waals surface area contributed by atoms with Crippen LogP contribution in [0.4, 0.5) is 5.82 Å². The Kier molecular flexibility index (Phi) is 6.48. The van der Waals surface area contributed by atoms with Crippen molar-refractivity contribution >= 4 is 21.7 Å². The Bertz CT molecular complexity index is 328. The van der Waals surface area contributed by atoms with E-state index in [1.807, 2.05) is 0 Å². The van der Waals surface area contributed by atoms with Gasteiger partial charge < -0.3 is 4.90 Å². The molecule has 0 bridgehead atoms. The van der Waals surface area contributed by atoms with Crippen LogP contribution in [0.5, 0.6) is 0 Å². The summed E-state index contributed by atoms with van der Waals surface area (Å²) in [6.07, 6.45) is 5.38. The number of halogens is 1. The first kappa shape index (κ1) is 14.4. The first-order valence-corrected chi connectivity index (χ1v) is 7.36. The second-order valence-corrected chi connectivity index (χ2v) is 5.42. The average molecular weight is 300 g/mol. The highest BCUT2D eigenvalue weighted by atomic mass is 79.9. The van der Waals surface area contributed by atoms with E-state index in [1.54, 1.807) is 6.33 Å². The van der Waals surface area contributed by atoms with Crippen molar-refractivity contribution in [2.45, 2.75) is 39.0 Å². The lowest BCUT2D eigenvalue weighted by Gasteiger charge is -2.18. The number of hydrogen-bond acceptors (Lipinski definition) is 3. The van der Waals surface area contributed by atoms with E-state index < -0.39 is 0 Å². The van der Waals surface area contributed by atoms with E-state index in [9.17, 15) is 0 Å². The molecule has 3 nitrogen and oxygen atoms in total. The maximum atomic E-state index is 4.33. The molecule has 0 saturated carbocycles. The molecule has 1 aromatic heterocycles. The van der Waals surface area contributed by atoms with Gasteiger partial charge in [-0.1, -0.05) is 36.2 Å². The number of anilines is 1. The van der Waals surface area contributed by atoms with E-state index in [0.717, 1.165) is 23.4 Å². The fraction of sp³-hybridized carbons (Fsp3) is 0.692. The summed E-state index contributed by atoms with van der Waals surface area (Å²) in [4.78, 5) is 10.8. The molecular formula is C13H22BrN3. The van der Waals surface area contributed by atoms with Crippen LogP contribution in [0.2, 0.25) is 0 Å². The van der Waals surface area contributed by atoms with Gasteiger partial charge in [-0.25, -0.2) is 9.97 Å². The topological polar surface area (TPSA) is 29.0 Å². The van der Waals surface area contributed by atoms with E-state index in [1.165, 1.54) is 19.3 Å². The predicted octanol–water partition coefficient (Wildman–Crippen LogP) is 3.60. The predicted molar refractivity (Wildman–Crippen MR) is 77.0 cm³/mol. The Morgan fingerprint density at radius 2 is 2.00 bits per heavy atom. The fourth-order valence-corrected chi connectivity index (χ4v) is 2.02. The van der Waals surface area contributed by atoms with E-state index in [0.29, 0.717) is 5.92 Å². The first-order chi connectivity index (χ1) is 8.15. The van der Waals surface area contributed by atoms with Gasteiger partial charge in [0.1, 0.15) is 12.1 Å². The van der Waals surface area contributed by atoms with Crippen LogP contribution < -0.4 is 4.90 Å². The molecule has 96 valence electrons. The van der Waals surface area contributed by atoms with Gasteiger partial charge in [0, 0.05) is 30.7 Å². The zero-order valence-corrected chi connectivity index (χ0v) is 12.6. The average Bonchev–Trinajstić information content (AvgIpc) is 2.34. The maximum Gasteiger partial charge on any atom is 0.131 e. The highest BCUT2D eigenvalue weighted by molar-refractivity contribution is 9.09. The second kappa shape index (κ2) is 7.64. The van der Waals surface area contributed by atoms with E-state index in [-0.39, 0.29) is 0 Å². The molecule has 1 heterocycles. The van der Waals surface area contributed by atoms with Crippen molar-refractivity contribution in [3.63, 3.8) is 0 Å². The molecule has 1 rings (SSSR count). The molecule has 0 spiro atoms. The van der Waals surface area contributed by atoms with E-state index in [2.05, 4.69) is 57.8 Å². The summed E-state index contributed by atoms with van der Waals surface area (Å²) in [6, 6.07) is 2.09. The van der Waals surface area contributed by atoms with Crippen LogP contribution in [0, 0.1) is 0 Å². The minimum absolute atomic E-state index is 0.457. The molecule has 0 unspecified atom stereocenters. The fourth-order valence-electron chi connectivity index (χ4n) is 1.62. The van der Waals surface area contributed by atoms with Gasteiger partial charge in [0.25, 0.3) is 0 Å². The summed E-state index contributed by atoms with van der Waals surface area (Å²) in [5.41, 5.74) is 1.11. The molecule has 0 radical (unpaired) electrons. The van der Waals surface area contributed by atoms with Crippen LogP contribution in [-0.4, -0.2) is 28.9 Å². The Labute approximate surface area is 113 Å². The maximum absolute atomic E-state index is 4.33. The van der Waals surface area contributed by atoms with Crippen molar-refractivity contribution in [1.82, 2.24) is 9.97 Å². The highest BCUT2D eigenvalue weighted by Gasteiger charge is 2.06. The molecule has 17 heavy (non-hydrogen) atoms. The number of nitrogens with zero attached hydrogens (tertiary/aromatic N) is 3. The van der Waals surface area contributed by atoms with Crippen LogP contribution in [0.15, 0.2) is 12.4 Å². The molecule has 0 saturated heterocycles. The monoisotopic (exact) mass is 299 g/mol. The third-order valence-corrected chi connectivity index (χ3v) is 3.34. The minimum atomic E-state index is 0.457. The molecule has 0 aromatic carbocycles. The molecule has 0 fully saturated rings. The van der Waals surface area contributed by atoms with Crippen LogP contribution in [0.25, 0.3) is 0 Å². The molecule has 0 amide bonds. The number of rotatable bonds is 7. The first-order valence-electron chi connectivity index (χ1n) is 6.24. The van der Waals surface area contributed by atoms with Gasteiger partial charge in [-0.2, -0.15) is 0 Å². The summed E-state index contributed by atoms with van der Waals surface area (Å²) in [5, 5.41) is 1.10. The smallest absolute Gasteiger partial charge is 0.131 e. The Morgan fingerprint density at radius 1 is 1.24 bits per heavy atom. The molecule has 0 aliphatic heterocycles. The second-order valence-electron chi connectivity index (χ2n) is 4.63. The van der Waals surface area contributed by atoms with Gasteiger partial charge >= 0.3 is 0 Å². The Morgan fingerprint density at radius 3 is 2.65 bits per heavy atom. The molecule has 0 N–H and O–H groups in total. The molecule has 1 aromatic rings. The van der Waals surface area contributed by atoms with Crippen molar-refractivity contribution in [3.05, 3.63) is 18.1 Å². The number of aromatic nitrogens is 2. The van der Waals surface area contributed by atoms with Crippen LogP contribution in [0.3, 0.4) is 0 Å². The Hall–Kier alpha value is -0.640. The van der Waals surface area contributed by atoms with Crippen LogP contribution in [0.1, 0.15) is 44.7 Å². The van der Waals surface area contributed by atoms with Gasteiger partial charge in [0.2, 0.25) is 0 Å². The summed E-state index contributed by atoms with van der Waals surface area (Å²) in [6.45, 7) is 5.37. The van der Waals surface area contributed by atoms with Gasteiger partial charge in [-0.3, -0.25) is 0 Å². The quantitative estimate of drug-likeness (QED) is 0.569. The lowest BCUT2D eigenvalue weighted by Crippen LogP contribution is -2.20. The number of unbranched alkanes of at least 4 members (excludes halogenated alkanes) is 2. The van der Waals surface area contributed by atoms with Crippen molar-refractivity contribution in [2.24, 2.45) is 0 Å². The largest absolute Gasteiger partial charge is 0.360 e. The zero-order valence-electron chi connectivity index (χ0n) is 11.0. The van der Waals surface area contributed by atoms with Crippen molar-refractivity contribution in [1.29, 1.82) is 0 Å². The molecule has 0 aliphatic carbocycles. The summed E-state index contributed by atoms with van der Waals surface area (Å²) in [5.74, 6) is 1.49. The number of alkyl halides is 1. The normalized spacial score (nSPS) is 10.9. The van der Waals surface area contributed by atoms with E-state index in [4.69, 9.17) is 0 Å². The van der Waals surface area contributed by atoms with Gasteiger partial charge in [0.05, 0.1) is 0 Å². The Balaban J connectivity index is 2.50. The molecule has 0 aliphatic rings. The van der Waals surface area contributed by atoms with E-state index >= 15 is 0 Å². The summed E-state index contributed by atoms with van der Waals surface area (Å²) < 4.78 is 0. The van der Waals surface area contributed by atoms with Gasteiger partial charge in [-0.05, 0) is 18.8 Å². The lowest BCUT2D eigenvalue weighted by atomic mass is 10.1. The molecule has 4 heteroatoms. The molecular weight excluding hydrogens is 278 g/mol. The van der Waals surface area contributed by atoms with Gasteiger partial charge in [0.15, 0.2) is 0 Å². The SMILES string of the molecule is CC(C)c1cc(N(C)CCCCCBr)ncn1. The third-order valence-electron chi connectivity index (χ3n) is 2.78. The number of hydrogen-bond donors (Lipinski definition) is 0. The summed E-state index contributed by atoms with van der Waals surface area (Å²) >= 11 is 3.45. The molecule has 0 atom stereocenters. The zero-order chi connectivity index (χ0) is 12.7. The summed E-state index contributed by atoms with van der Waals surface area (Å²) in [7, 11) is 2.10. The lowest BCUT2D eigenvalue weighted by molar-refractivity contribution is 0.704. The van der Waals surface area contributed by atoms with Crippen molar-refractivity contribution in [3.8, 4) is 0 Å². The van der Waals surface area contributed by atoms with Crippen LogP contribution >= 0.6 is 15.9 Å². The standard InChI is InChI=1S/C13H22BrN3/c1-11(2)12-9-13(16-10-15-12)17(3)8-6-4-5-7-14/h9-11H,4-8H2,1-3H3. The third kappa shape index (κ3) is 5.02. The van der Waals surface area contributed by atoms with Crippen LogP contribution in [-0.2, 0) is 0 Å². The van der Waals surface area contributed by atoms with Crippen molar-refractivity contribution < 1.29 is 0 Å².